The summed E-state index contributed by atoms with van der Waals surface area (Å²) in [6, 6.07) is -0.629. The van der Waals surface area contributed by atoms with Crippen LogP contribution in [0.5, 0.6) is 0 Å². The molecule has 420 valence electrons. The maximum Gasteiger partial charge on any atom is 0.305 e. The third kappa shape index (κ3) is 57.5. The Morgan fingerprint density at radius 1 is 0.380 bits per heavy atom. The van der Waals surface area contributed by atoms with Crippen molar-refractivity contribution < 1.29 is 24.5 Å². The van der Waals surface area contributed by atoms with Gasteiger partial charge in [-0.25, -0.2) is 0 Å². The number of ether oxygens (including phenoxy) is 1. The predicted molar refractivity (Wildman–Crippen MR) is 310 cm³/mol. The van der Waals surface area contributed by atoms with Crippen LogP contribution in [0.15, 0.2) is 24.3 Å². The summed E-state index contributed by atoms with van der Waals surface area (Å²) in [5, 5.41) is 23.1. The highest BCUT2D eigenvalue weighted by Crippen LogP contribution is 2.18. The molecule has 0 rings (SSSR count). The van der Waals surface area contributed by atoms with Gasteiger partial charge in [-0.1, -0.05) is 308 Å². The van der Waals surface area contributed by atoms with Gasteiger partial charge < -0.3 is 20.3 Å². The van der Waals surface area contributed by atoms with E-state index in [4.69, 9.17) is 4.74 Å². The molecule has 1 amide bonds. The van der Waals surface area contributed by atoms with E-state index >= 15 is 0 Å². The lowest BCUT2D eigenvalue weighted by Gasteiger charge is -2.20. The highest BCUT2D eigenvalue weighted by atomic mass is 16.5. The number of carbonyl (C=O) groups is 2. The van der Waals surface area contributed by atoms with Crippen LogP contribution in [0.2, 0.25) is 0 Å². The Labute approximate surface area is 443 Å². The first kappa shape index (κ1) is 69.3. The Bertz CT molecular complexity index is 1110. The van der Waals surface area contributed by atoms with Gasteiger partial charge >= 0.3 is 5.97 Å². The van der Waals surface area contributed by atoms with E-state index in [0.29, 0.717) is 19.4 Å². The van der Waals surface area contributed by atoms with Crippen molar-refractivity contribution in [2.24, 2.45) is 0 Å². The standard InChI is InChI=1S/C65H125NO5/c1-3-5-7-9-11-13-15-17-18-28-32-35-39-43-47-51-55-59-65(70)71-60-56-52-48-44-40-36-33-30-27-25-23-21-19-20-22-24-26-29-31-34-38-42-46-50-54-58-64(69)66-62(61-67)63(68)57-53-49-45-41-37-16-14-12-10-8-6-4-2/h20,22,53,57,62-63,67-68H,3-19,21,23-52,54-56,58-61H2,1-2H3,(H,66,69)/b22-20-,57-53+. The van der Waals surface area contributed by atoms with Gasteiger partial charge in [-0.15, -0.1) is 0 Å². The predicted octanol–water partition coefficient (Wildman–Crippen LogP) is 20.2. The van der Waals surface area contributed by atoms with Gasteiger partial charge in [-0.2, -0.15) is 0 Å². The van der Waals surface area contributed by atoms with E-state index in [1.165, 1.54) is 289 Å². The third-order valence-electron chi connectivity index (χ3n) is 15.0. The molecule has 0 saturated heterocycles. The average molecular weight is 1000 g/mol. The lowest BCUT2D eigenvalue weighted by atomic mass is 10.0. The van der Waals surface area contributed by atoms with Crippen molar-refractivity contribution in [3.05, 3.63) is 24.3 Å². The molecule has 0 aliphatic rings. The van der Waals surface area contributed by atoms with Gasteiger partial charge in [-0.05, 0) is 57.8 Å². The van der Waals surface area contributed by atoms with Gasteiger partial charge in [0, 0.05) is 12.8 Å². The highest BCUT2D eigenvalue weighted by Gasteiger charge is 2.18. The highest BCUT2D eigenvalue weighted by molar-refractivity contribution is 5.76. The molecule has 0 heterocycles. The molecule has 0 aromatic heterocycles. The van der Waals surface area contributed by atoms with Crippen molar-refractivity contribution in [2.75, 3.05) is 13.2 Å². The van der Waals surface area contributed by atoms with E-state index in [2.05, 4.69) is 31.3 Å². The van der Waals surface area contributed by atoms with Crippen LogP contribution >= 0.6 is 0 Å². The van der Waals surface area contributed by atoms with E-state index in [0.717, 1.165) is 38.5 Å². The summed E-state index contributed by atoms with van der Waals surface area (Å²) in [4.78, 5) is 24.5. The summed E-state index contributed by atoms with van der Waals surface area (Å²) in [5.41, 5.74) is 0. The largest absolute Gasteiger partial charge is 0.466 e. The molecular formula is C65H125NO5. The SMILES string of the molecule is CCCCCCCCCCCC/C=C/C(O)C(CO)NC(=O)CCCCCCCCCCC/C=C\CCCCCCCCCCCCCCOC(=O)CCCCCCCCCCCCCCCCCCC. The van der Waals surface area contributed by atoms with Gasteiger partial charge in [0.2, 0.25) is 5.91 Å². The van der Waals surface area contributed by atoms with Crippen molar-refractivity contribution in [1.82, 2.24) is 5.32 Å². The molecule has 0 bridgehead atoms. The average Bonchev–Trinajstić information content (AvgIpc) is 3.37. The van der Waals surface area contributed by atoms with E-state index in [1.807, 2.05) is 6.08 Å². The number of unbranched alkanes of at least 4 members (excludes halogenated alkanes) is 47. The smallest absolute Gasteiger partial charge is 0.305 e. The zero-order chi connectivity index (χ0) is 51.4. The second kappa shape index (κ2) is 60.9. The molecule has 0 radical (unpaired) electrons. The zero-order valence-corrected chi connectivity index (χ0v) is 48.0. The minimum atomic E-state index is -0.845. The van der Waals surface area contributed by atoms with E-state index in [1.54, 1.807) is 6.08 Å². The summed E-state index contributed by atoms with van der Waals surface area (Å²) in [5.74, 6) is -0.0534. The molecule has 2 unspecified atom stereocenters. The number of carbonyl (C=O) groups excluding carboxylic acids is 2. The molecule has 3 N–H and O–H groups in total. The topological polar surface area (TPSA) is 95.9 Å². The molecule has 0 aromatic carbocycles. The van der Waals surface area contributed by atoms with Gasteiger partial charge in [0.25, 0.3) is 0 Å². The van der Waals surface area contributed by atoms with Crippen LogP contribution in [0.1, 0.15) is 354 Å². The lowest BCUT2D eigenvalue weighted by Crippen LogP contribution is -2.45. The van der Waals surface area contributed by atoms with Crippen LogP contribution in [0.25, 0.3) is 0 Å². The van der Waals surface area contributed by atoms with Crippen LogP contribution in [0, 0.1) is 0 Å². The van der Waals surface area contributed by atoms with Crippen molar-refractivity contribution in [3.8, 4) is 0 Å². The number of nitrogens with one attached hydrogen (secondary N) is 1. The first-order valence-electron chi connectivity index (χ1n) is 32.1. The van der Waals surface area contributed by atoms with Gasteiger partial charge in [0.15, 0.2) is 0 Å². The second-order valence-electron chi connectivity index (χ2n) is 22.1. The van der Waals surface area contributed by atoms with E-state index < -0.39 is 12.1 Å². The number of hydrogen-bond acceptors (Lipinski definition) is 5. The van der Waals surface area contributed by atoms with Gasteiger partial charge in [0.05, 0.1) is 25.4 Å². The molecule has 0 fully saturated rings. The number of aliphatic hydroxyl groups is 2. The number of hydrogen-bond donors (Lipinski definition) is 3. The Hall–Kier alpha value is -1.66. The van der Waals surface area contributed by atoms with Gasteiger partial charge in [0.1, 0.15) is 0 Å². The zero-order valence-electron chi connectivity index (χ0n) is 48.0. The molecule has 0 spiro atoms. The molecule has 6 nitrogen and oxygen atoms in total. The number of aliphatic hydroxyl groups excluding tert-OH is 2. The minimum Gasteiger partial charge on any atom is -0.466 e. The molecular weight excluding hydrogens is 875 g/mol. The summed E-state index contributed by atoms with van der Waals surface area (Å²) < 4.78 is 5.50. The minimum absolute atomic E-state index is 0.0173. The fourth-order valence-corrected chi connectivity index (χ4v) is 10.0. The molecule has 0 aliphatic heterocycles. The second-order valence-corrected chi connectivity index (χ2v) is 22.1. The lowest BCUT2D eigenvalue weighted by molar-refractivity contribution is -0.143. The Balaban J connectivity index is 3.38. The molecule has 0 aliphatic carbocycles. The monoisotopic (exact) mass is 1000 g/mol. The van der Waals surface area contributed by atoms with Crippen LogP contribution in [-0.4, -0.2) is 47.4 Å². The quantitative estimate of drug-likeness (QED) is 0.0320. The van der Waals surface area contributed by atoms with E-state index in [9.17, 15) is 19.8 Å². The van der Waals surface area contributed by atoms with Crippen LogP contribution in [0.4, 0.5) is 0 Å². The fraction of sp³-hybridized carbons (Fsp3) is 0.908. The number of amides is 1. The van der Waals surface area contributed by atoms with Crippen molar-refractivity contribution >= 4 is 11.9 Å². The first-order valence-corrected chi connectivity index (χ1v) is 32.1. The van der Waals surface area contributed by atoms with Gasteiger partial charge in [-0.3, -0.25) is 9.59 Å². The normalized spacial score (nSPS) is 12.7. The van der Waals surface area contributed by atoms with Crippen LogP contribution in [0.3, 0.4) is 0 Å². The molecule has 71 heavy (non-hydrogen) atoms. The summed E-state index contributed by atoms with van der Waals surface area (Å²) in [7, 11) is 0. The molecule has 0 aromatic rings. The Morgan fingerprint density at radius 2 is 0.662 bits per heavy atom. The van der Waals surface area contributed by atoms with E-state index in [-0.39, 0.29) is 18.5 Å². The summed E-state index contributed by atoms with van der Waals surface area (Å²) in [6.07, 6.45) is 75.2. The third-order valence-corrected chi connectivity index (χ3v) is 15.0. The van der Waals surface area contributed by atoms with Crippen molar-refractivity contribution in [3.63, 3.8) is 0 Å². The molecule has 6 heteroatoms. The summed E-state index contributed by atoms with van der Waals surface area (Å²) >= 11 is 0. The Kier molecular flexibility index (Phi) is 59.5. The maximum atomic E-state index is 12.4. The fourth-order valence-electron chi connectivity index (χ4n) is 10.0. The number of allylic oxidation sites excluding steroid dienone is 3. The van der Waals surface area contributed by atoms with Crippen molar-refractivity contribution in [2.45, 2.75) is 366 Å². The van der Waals surface area contributed by atoms with Crippen LogP contribution in [-0.2, 0) is 14.3 Å². The molecule has 0 saturated carbocycles. The first-order chi connectivity index (χ1) is 35.0. The Morgan fingerprint density at radius 3 is 1.00 bits per heavy atom. The number of rotatable bonds is 60. The summed E-state index contributed by atoms with van der Waals surface area (Å²) in [6.45, 7) is 4.92. The molecule has 2 atom stereocenters. The van der Waals surface area contributed by atoms with Crippen molar-refractivity contribution in [1.29, 1.82) is 0 Å². The van der Waals surface area contributed by atoms with Crippen LogP contribution < -0.4 is 5.32 Å². The maximum absolute atomic E-state index is 12.4. The number of esters is 1.